The summed E-state index contributed by atoms with van der Waals surface area (Å²) in [6.07, 6.45) is 4.13. The first-order valence-corrected chi connectivity index (χ1v) is 4.50. The molecule has 0 spiro atoms. The summed E-state index contributed by atoms with van der Waals surface area (Å²) >= 11 is 0. The lowest BCUT2D eigenvalue weighted by Crippen LogP contribution is -2.12. The minimum atomic E-state index is -0.481. The summed E-state index contributed by atoms with van der Waals surface area (Å²) in [7, 11) is 0. The average Bonchev–Trinajstić information content (AvgIpc) is 2.35. The fourth-order valence-electron chi connectivity index (χ4n) is 0.590. The maximum absolute atomic E-state index is 9.47. The molecule has 0 saturated carbocycles. The van der Waals surface area contributed by atoms with Gasteiger partial charge in [-0.3, -0.25) is 4.79 Å². The SMILES string of the molecule is C=CC(N)=O.C=CCNC(C=C)=C(C#N)C#N. The van der Waals surface area contributed by atoms with Crippen LogP contribution in [0.4, 0.5) is 0 Å². The summed E-state index contributed by atoms with van der Waals surface area (Å²) in [6, 6.07) is 3.52. The van der Waals surface area contributed by atoms with Gasteiger partial charge in [0.15, 0.2) is 5.57 Å². The van der Waals surface area contributed by atoms with E-state index in [0.717, 1.165) is 6.08 Å². The zero-order valence-electron chi connectivity index (χ0n) is 9.44. The number of nitriles is 2. The maximum atomic E-state index is 9.47. The minimum Gasteiger partial charge on any atom is -0.380 e. The zero-order chi connectivity index (χ0) is 13.7. The minimum absolute atomic E-state index is 0.0341. The summed E-state index contributed by atoms with van der Waals surface area (Å²) in [6.45, 7) is 10.6. The Morgan fingerprint density at radius 2 is 1.71 bits per heavy atom. The molecule has 88 valence electrons. The predicted molar refractivity (Wildman–Crippen MR) is 66.0 cm³/mol. The number of amides is 1. The van der Waals surface area contributed by atoms with Crippen LogP contribution in [0.25, 0.3) is 0 Å². The van der Waals surface area contributed by atoms with Crippen molar-refractivity contribution >= 4 is 5.91 Å². The molecule has 1 amide bonds. The first-order valence-electron chi connectivity index (χ1n) is 4.50. The molecule has 3 N–H and O–H groups in total. The Morgan fingerprint density at radius 3 is 1.94 bits per heavy atom. The number of hydrogen-bond donors (Lipinski definition) is 2. The van der Waals surface area contributed by atoms with Gasteiger partial charge in [-0.15, -0.1) is 6.58 Å². The third-order valence-electron chi connectivity index (χ3n) is 1.34. The van der Waals surface area contributed by atoms with Crippen LogP contribution < -0.4 is 11.1 Å². The van der Waals surface area contributed by atoms with Crippen LogP contribution in [0, 0.1) is 22.7 Å². The summed E-state index contributed by atoms with van der Waals surface area (Å²) in [5, 5.41) is 19.8. The van der Waals surface area contributed by atoms with Gasteiger partial charge in [0.25, 0.3) is 0 Å². The van der Waals surface area contributed by atoms with E-state index in [1.54, 1.807) is 18.2 Å². The molecule has 0 aliphatic heterocycles. The third-order valence-corrected chi connectivity index (χ3v) is 1.34. The van der Waals surface area contributed by atoms with E-state index in [4.69, 9.17) is 10.5 Å². The first kappa shape index (κ1) is 16.6. The summed E-state index contributed by atoms with van der Waals surface area (Å²) in [4.78, 5) is 9.47. The molecular formula is C12H14N4O. The lowest BCUT2D eigenvalue weighted by Gasteiger charge is -2.01. The van der Waals surface area contributed by atoms with Crippen LogP contribution >= 0.6 is 0 Å². The van der Waals surface area contributed by atoms with Gasteiger partial charge in [0.05, 0.1) is 5.70 Å². The fraction of sp³-hybridized carbons (Fsp3) is 0.0833. The van der Waals surface area contributed by atoms with Crippen molar-refractivity contribution in [2.45, 2.75) is 0 Å². The number of rotatable bonds is 5. The molecule has 0 unspecified atom stereocenters. The van der Waals surface area contributed by atoms with Crippen molar-refractivity contribution in [3.63, 3.8) is 0 Å². The Kier molecular flexibility index (Phi) is 11.0. The van der Waals surface area contributed by atoms with Crippen LogP contribution in [-0.2, 0) is 4.79 Å². The van der Waals surface area contributed by atoms with Crippen LogP contribution in [0.15, 0.2) is 49.2 Å². The van der Waals surface area contributed by atoms with Gasteiger partial charge in [-0.1, -0.05) is 19.2 Å². The number of allylic oxidation sites excluding steroid dienone is 2. The maximum Gasteiger partial charge on any atom is 0.240 e. The second kappa shape index (κ2) is 11.3. The lowest BCUT2D eigenvalue weighted by molar-refractivity contribution is -0.113. The van der Waals surface area contributed by atoms with E-state index < -0.39 is 5.91 Å². The monoisotopic (exact) mass is 230 g/mol. The smallest absolute Gasteiger partial charge is 0.240 e. The largest absolute Gasteiger partial charge is 0.380 e. The molecule has 0 aromatic heterocycles. The predicted octanol–water partition coefficient (Wildman–Crippen LogP) is 0.907. The molecule has 0 fully saturated rings. The molecule has 0 bridgehead atoms. The second-order valence-electron chi connectivity index (χ2n) is 2.49. The molecule has 17 heavy (non-hydrogen) atoms. The van der Waals surface area contributed by atoms with Crippen LogP contribution in [-0.4, -0.2) is 12.5 Å². The molecular weight excluding hydrogens is 216 g/mol. The number of carbonyl (C=O) groups is 1. The van der Waals surface area contributed by atoms with E-state index in [1.807, 2.05) is 0 Å². The van der Waals surface area contributed by atoms with Crippen LogP contribution in [0.3, 0.4) is 0 Å². The Balaban J connectivity index is 0. The van der Waals surface area contributed by atoms with Gasteiger partial charge in [0.2, 0.25) is 5.91 Å². The lowest BCUT2D eigenvalue weighted by atomic mass is 10.2. The van der Waals surface area contributed by atoms with Gasteiger partial charge >= 0.3 is 0 Å². The van der Waals surface area contributed by atoms with Crippen LogP contribution in [0.2, 0.25) is 0 Å². The van der Waals surface area contributed by atoms with E-state index >= 15 is 0 Å². The van der Waals surface area contributed by atoms with E-state index in [9.17, 15) is 4.79 Å². The average molecular weight is 230 g/mol. The molecule has 0 aromatic carbocycles. The second-order valence-corrected chi connectivity index (χ2v) is 2.49. The highest BCUT2D eigenvalue weighted by atomic mass is 16.1. The normalized spacial score (nSPS) is 6.94. The van der Waals surface area contributed by atoms with Crippen LogP contribution in [0.5, 0.6) is 0 Å². The Morgan fingerprint density at radius 1 is 1.24 bits per heavy atom. The summed E-state index contributed by atoms with van der Waals surface area (Å²) in [5.41, 5.74) is 5.01. The van der Waals surface area contributed by atoms with Gasteiger partial charge < -0.3 is 11.1 Å². The van der Waals surface area contributed by atoms with Crippen molar-refractivity contribution in [2.75, 3.05) is 6.54 Å². The molecule has 0 heterocycles. The molecule has 0 aromatic rings. The third kappa shape index (κ3) is 9.51. The van der Waals surface area contributed by atoms with Crippen molar-refractivity contribution in [2.24, 2.45) is 5.73 Å². The van der Waals surface area contributed by atoms with Gasteiger partial charge in [-0.2, -0.15) is 10.5 Å². The van der Waals surface area contributed by atoms with Crippen molar-refractivity contribution in [3.8, 4) is 12.1 Å². The summed E-state index contributed by atoms with van der Waals surface area (Å²) < 4.78 is 0. The van der Waals surface area contributed by atoms with Gasteiger partial charge in [0, 0.05) is 6.54 Å². The van der Waals surface area contributed by atoms with Gasteiger partial charge in [-0.25, -0.2) is 0 Å². The number of carbonyl (C=O) groups excluding carboxylic acids is 1. The molecule has 5 heteroatoms. The fourth-order valence-corrected chi connectivity index (χ4v) is 0.590. The first-order chi connectivity index (χ1) is 8.06. The van der Waals surface area contributed by atoms with Gasteiger partial charge in [0.1, 0.15) is 12.1 Å². The van der Waals surface area contributed by atoms with Crippen LogP contribution in [0.1, 0.15) is 0 Å². The van der Waals surface area contributed by atoms with E-state index in [-0.39, 0.29) is 5.57 Å². The zero-order valence-corrected chi connectivity index (χ0v) is 9.44. The molecule has 0 aliphatic rings. The van der Waals surface area contributed by atoms with Crippen molar-refractivity contribution in [3.05, 3.63) is 49.2 Å². The topological polar surface area (TPSA) is 103 Å². The summed E-state index contributed by atoms with van der Waals surface area (Å²) in [5.74, 6) is -0.481. The molecule has 0 rings (SSSR count). The van der Waals surface area contributed by atoms with Crippen molar-refractivity contribution in [1.29, 1.82) is 10.5 Å². The molecule has 0 radical (unpaired) electrons. The van der Waals surface area contributed by atoms with E-state index in [0.29, 0.717) is 12.2 Å². The van der Waals surface area contributed by atoms with E-state index in [2.05, 4.69) is 30.8 Å². The quantitative estimate of drug-likeness (QED) is 0.317. The van der Waals surface area contributed by atoms with Crippen molar-refractivity contribution in [1.82, 2.24) is 5.32 Å². The highest BCUT2D eigenvalue weighted by Crippen LogP contribution is 1.99. The van der Waals surface area contributed by atoms with E-state index in [1.165, 1.54) is 6.08 Å². The molecule has 0 aliphatic carbocycles. The van der Waals surface area contributed by atoms with Gasteiger partial charge in [-0.05, 0) is 12.2 Å². The van der Waals surface area contributed by atoms with Crippen molar-refractivity contribution < 1.29 is 4.79 Å². The Hall–Kier alpha value is -2.79. The highest BCUT2D eigenvalue weighted by molar-refractivity contribution is 5.84. The Labute approximate surface area is 101 Å². The highest BCUT2D eigenvalue weighted by Gasteiger charge is 1.99. The number of primary amides is 1. The molecule has 0 atom stereocenters. The molecule has 5 nitrogen and oxygen atoms in total. The number of nitrogens with one attached hydrogen (secondary N) is 1. The Bertz CT molecular complexity index is 391. The number of nitrogens with zero attached hydrogens (tertiary/aromatic N) is 2. The number of hydrogen-bond acceptors (Lipinski definition) is 4. The standard InChI is InChI=1S/C9H9N3.C3H5NO/c1-3-5-12-9(4-2)8(6-10)7-11;1-2-3(4)5/h3-4,12H,1-2,5H2;2H,1H2,(H2,4,5). The molecule has 0 saturated heterocycles. The number of nitrogens with two attached hydrogens (primary N) is 1.